The fraction of sp³-hybridized carbons (Fsp3) is 0. The maximum Gasteiger partial charge on any atom is 0.537 e. The maximum atomic E-state index is 9.05. The third kappa shape index (κ3) is 3.19. The van der Waals surface area contributed by atoms with Crippen molar-refractivity contribution in [1.82, 2.24) is 0 Å². The fourth-order valence-corrected chi connectivity index (χ4v) is 0.0291. The lowest BCUT2D eigenvalue weighted by Gasteiger charge is -1.96. The molecule has 0 aliphatic carbocycles. The minimum atomic E-state index is -1.75. The number of carboxylic acid groups (broad SMARTS) is 1. The maximum absolute atomic E-state index is 9.05. The van der Waals surface area contributed by atoms with Gasteiger partial charge in [0.2, 0.25) is 0 Å². The highest BCUT2D eigenvalue weighted by molar-refractivity contribution is 5.55. The Kier molecular flexibility index (Phi) is 2.10. The van der Waals surface area contributed by atoms with Crippen LogP contribution in [0.15, 0.2) is 0 Å². The van der Waals surface area contributed by atoms with E-state index in [9.17, 15) is 0 Å². The molecule has 0 saturated heterocycles. The first kappa shape index (κ1) is 5.19. The van der Waals surface area contributed by atoms with Gasteiger partial charge in [0.05, 0.1) is 0 Å². The van der Waals surface area contributed by atoms with E-state index in [2.05, 4.69) is 9.93 Å². The molecule has 0 aliphatic rings. The van der Waals surface area contributed by atoms with Gasteiger partial charge in [-0.2, -0.15) is 0 Å². The van der Waals surface area contributed by atoms with Gasteiger partial charge < -0.3 is 10.4 Å². The molecule has 0 unspecified atom stereocenters. The van der Waals surface area contributed by atoms with E-state index in [0.29, 0.717) is 0 Å². The minimum absolute atomic E-state index is 1.75. The van der Waals surface area contributed by atoms with Crippen molar-refractivity contribution in [3.05, 3.63) is 0 Å². The molecule has 0 aromatic rings. The molecule has 36 valence electrons. The van der Waals surface area contributed by atoms with E-state index in [1.165, 1.54) is 0 Å². The first-order valence-corrected chi connectivity index (χ1v) is 0.965. The molecule has 0 fully saturated rings. The topological polar surface area (TPSA) is 78.8 Å². The first-order chi connectivity index (χ1) is 2.77. The summed E-state index contributed by atoms with van der Waals surface area (Å²) in [6, 6.07) is 0. The fourth-order valence-electron chi connectivity index (χ4n) is 0.0291. The van der Waals surface area contributed by atoms with Gasteiger partial charge in [-0.15, -0.1) is 0 Å². The van der Waals surface area contributed by atoms with Gasteiger partial charge in [0.15, 0.2) is 0 Å². The molecule has 0 radical (unpaired) electrons. The molecule has 0 aromatic heterocycles. The number of rotatable bonds is 1. The average Bonchev–Trinajstić information content (AvgIpc) is 1.35. The summed E-state index contributed by atoms with van der Waals surface area (Å²) < 4.78 is 0. The molecule has 1 N–H and O–H groups in total. The quantitative estimate of drug-likeness (QED) is 0.328. The minimum Gasteiger partial charge on any atom is -0.681 e. The van der Waals surface area contributed by atoms with E-state index in [1.54, 1.807) is 0 Å². The summed E-state index contributed by atoms with van der Waals surface area (Å²) in [6.07, 6.45) is -1.75. The molecule has 0 aliphatic heterocycles. The second-order valence-electron chi connectivity index (χ2n) is 0.417. The molecule has 0 bridgehead atoms. The van der Waals surface area contributed by atoms with Crippen molar-refractivity contribution in [2.24, 2.45) is 0 Å². The van der Waals surface area contributed by atoms with E-state index in [4.69, 9.17) is 15.2 Å². The van der Waals surface area contributed by atoms with Crippen molar-refractivity contribution in [2.75, 3.05) is 0 Å². The smallest absolute Gasteiger partial charge is 0.537 e. The predicted molar refractivity (Wildman–Crippen MR) is 10.2 cm³/mol. The molecule has 0 amide bonds. The van der Waals surface area contributed by atoms with Gasteiger partial charge in [-0.25, -0.2) is 9.83 Å². The van der Waals surface area contributed by atoms with Crippen molar-refractivity contribution in [3.63, 3.8) is 0 Å². The lowest BCUT2D eigenvalue weighted by atomic mass is 11.4. The van der Waals surface area contributed by atoms with Crippen molar-refractivity contribution in [2.45, 2.75) is 0 Å². The van der Waals surface area contributed by atoms with Crippen LogP contribution in [-0.4, -0.2) is 11.3 Å². The van der Waals surface area contributed by atoms with Gasteiger partial charge in [0.25, 0.3) is 0 Å². The van der Waals surface area contributed by atoms with Crippen molar-refractivity contribution in [1.29, 1.82) is 0 Å². The number of carbonyl (C=O) groups is 1. The van der Waals surface area contributed by atoms with E-state index in [0.717, 1.165) is 0 Å². The summed E-state index contributed by atoms with van der Waals surface area (Å²) in [6.45, 7) is 0. The molecule has 5 heteroatoms. The third-order valence-electron chi connectivity index (χ3n) is 0.105. The van der Waals surface area contributed by atoms with Crippen molar-refractivity contribution >= 4 is 6.16 Å². The van der Waals surface area contributed by atoms with Crippen LogP contribution < -0.4 is 5.26 Å². The molecule has 0 heterocycles. The van der Waals surface area contributed by atoms with Crippen molar-refractivity contribution < 1.29 is 25.1 Å². The third-order valence-corrected chi connectivity index (χ3v) is 0.105. The van der Waals surface area contributed by atoms with Crippen LogP contribution in [0.5, 0.6) is 0 Å². The number of hydrogen-bond donors (Lipinski definition) is 1. The molecular weight excluding hydrogens is 92.0 g/mol. The Balaban J connectivity index is 2.83. The van der Waals surface area contributed by atoms with Crippen molar-refractivity contribution in [3.8, 4) is 0 Å². The zero-order valence-electron chi connectivity index (χ0n) is 2.58. The van der Waals surface area contributed by atoms with Gasteiger partial charge >= 0.3 is 6.16 Å². The molecular formula is CHO5-. The van der Waals surface area contributed by atoms with E-state index in [1.807, 2.05) is 0 Å². The normalized spacial score (nSPS) is 7.50. The van der Waals surface area contributed by atoms with Crippen LogP contribution in [0.4, 0.5) is 4.79 Å². The Morgan fingerprint density at radius 3 is 2.33 bits per heavy atom. The molecule has 5 nitrogen and oxygen atoms in total. The highest BCUT2D eigenvalue weighted by Gasteiger charge is 1.86. The summed E-state index contributed by atoms with van der Waals surface area (Å²) in [5, 5.41) is 18.5. The summed E-state index contributed by atoms with van der Waals surface area (Å²) in [5.41, 5.74) is 0. The Bertz CT molecular complexity index is 47.9. The second kappa shape index (κ2) is 2.43. The van der Waals surface area contributed by atoms with Crippen LogP contribution in [0, 0.1) is 0 Å². The second-order valence-corrected chi connectivity index (χ2v) is 0.417. The lowest BCUT2D eigenvalue weighted by Crippen LogP contribution is -2.09. The molecule has 0 spiro atoms. The molecule has 6 heavy (non-hydrogen) atoms. The SMILES string of the molecule is O=C(O)OO[O-]. The summed E-state index contributed by atoms with van der Waals surface area (Å²) in [5.74, 6) is 0. The zero-order valence-corrected chi connectivity index (χ0v) is 2.58. The van der Waals surface area contributed by atoms with Gasteiger partial charge in [0.1, 0.15) is 0 Å². The number of hydrogen-bond acceptors (Lipinski definition) is 4. The highest BCUT2D eigenvalue weighted by Crippen LogP contribution is 1.66. The molecule has 0 saturated carbocycles. The van der Waals surface area contributed by atoms with Gasteiger partial charge in [0, 0.05) is 0 Å². The molecule has 0 atom stereocenters. The van der Waals surface area contributed by atoms with Crippen LogP contribution in [0.25, 0.3) is 0 Å². The van der Waals surface area contributed by atoms with E-state index < -0.39 is 6.16 Å². The summed E-state index contributed by atoms with van der Waals surface area (Å²) in [4.78, 5) is 12.0. The average molecular weight is 93.0 g/mol. The van der Waals surface area contributed by atoms with Gasteiger partial charge in [-0.1, -0.05) is 0 Å². The first-order valence-electron chi connectivity index (χ1n) is 0.965. The lowest BCUT2D eigenvalue weighted by molar-refractivity contribution is -0.787. The van der Waals surface area contributed by atoms with Crippen LogP contribution in [-0.2, 0) is 9.93 Å². The monoisotopic (exact) mass is 93.0 g/mol. The highest BCUT2D eigenvalue weighted by atomic mass is 17.5. The van der Waals surface area contributed by atoms with Crippen LogP contribution in [0.3, 0.4) is 0 Å². The Morgan fingerprint density at radius 2 is 2.33 bits per heavy atom. The van der Waals surface area contributed by atoms with Crippen LogP contribution in [0.2, 0.25) is 0 Å². The Morgan fingerprint density at radius 1 is 1.83 bits per heavy atom. The van der Waals surface area contributed by atoms with Crippen LogP contribution in [0.1, 0.15) is 0 Å². The van der Waals surface area contributed by atoms with E-state index in [-0.39, 0.29) is 0 Å². The molecule has 0 aromatic carbocycles. The van der Waals surface area contributed by atoms with E-state index >= 15 is 0 Å². The van der Waals surface area contributed by atoms with Gasteiger partial charge in [-0.3, -0.25) is 4.89 Å². The summed E-state index contributed by atoms with van der Waals surface area (Å²) >= 11 is 0. The standard InChI is InChI=1S/CH2O5/c2-1(3)5-6-4/h4H,(H,2,3)/p-1. The molecule has 0 rings (SSSR count). The largest absolute Gasteiger partial charge is 0.681 e. The van der Waals surface area contributed by atoms with Gasteiger partial charge in [-0.05, 0) is 0 Å². The zero-order chi connectivity index (χ0) is 4.99. The summed E-state index contributed by atoms with van der Waals surface area (Å²) in [7, 11) is 0. The predicted octanol–water partition coefficient (Wildman–Crippen LogP) is -1.11. The Hall–Kier alpha value is -0.810. The van der Waals surface area contributed by atoms with Crippen LogP contribution >= 0.6 is 0 Å². The Labute approximate surface area is 32.6 Å².